The minimum atomic E-state index is -4.46. The molecule has 1 aromatic heterocycles. The molecule has 0 aliphatic heterocycles. The zero-order valence-corrected chi connectivity index (χ0v) is 12.2. The predicted octanol–water partition coefficient (Wildman–Crippen LogP) is 3.52. The molecule has 5 nitrogen and oxygen atoms in total. The summed E-state index contributed by atoms with van der Waals surface area (Å²) in [5.41, 5.74) is 1.31. The number of aryl methyl sites for hydroxylation is 1. The van der Waals surface area contributed by atoms with Crippen molar-refractivity contribution < 1.29 is 18.0 Å². The quantitative estimate of drug-likeness (QED) is 0.903. The number of nitrogens with one attached hydrogen (secondary N) is 2. The highest BCUT2D eigenvalue weighted by molar-refractivity contribution is 6.30. The van der Waals surface area contributed by atoms with Gasteiger partial charge in [0.05, 0.1) is 5.69 Å². The van der Waals surface area contributed by atoms with Crippen LogP contribution in [0.2, 0.25) is 5.02 Å². The molecular weight excluding hydrogens is 321 g/mol. The van der Waals surface area contributed by atoms with Crippen molar-refractivity contribution in [1.82, 2.24) is 15.1 Å². The number of urea groups is 1. The Bertz CT molecular complexity index is 667. The highest BCUT2D eigenvalue weighted by Crippen LogP contribution is 2.18. The fraction of sp³-hybridized carbons (Fsp3) is 0.231. The second-order valence-electron chi connectivity index (χ2n) is 4.50. The molecule has 0 radical (unpaired) electrons. The van der Waals surface area contributed by atoms with Gasteiger partial charge in [-0.25, -0.2) is 9.48 Å². The largest absolute Gasteiger partial charge is 0.405 e. The molecular formula is C13H12ClF3N4O. The van der Waals surface area contributed by atoms with Crippen molar-refractivity contribution in [2.24, 2.45) is 0 Å². The maximum atomic E-state index is 12.0. The number of rotatable bonds is 3. The van der Waals surface area contributed by atoms with E-state index >= 15 is 0 Å². The van der Waals surface area contributed by atoms with Gasteiger partial charge in [0.1, 0.15) is 6.54 Å². The first-order valence-corrected chi connectivity index (χ1v) is 6.56. The van der Waals surface area contributed by atoms with Crippen LogP contribution >= 0.6 is 11.6 Å². The van der Waals surface area contributed by atoms with Gasteiger partial charge in [-0.3, -0.25) is 5.32 Å². The number of anilines is 1. The standard InChI is InChI=1S/C13H12ClF3N4O/c1-8-6-21(10-4-2-9(14)3-5-10)20-11(8)19-12(22)18-7-13(15,16)17/h2-6H,7H2,1H3,(H2,18,19,20,22). The van der Waals surface area contributed by atoms with Gasteiger partial charge in [-0.15, -0.1) is 5.10 Å². The molecule has 2 aromatic rings. The predicted molar refractivity (Wildman–Crippen MR) is 76.4 cm³/mol. The molecule has 0 unspecified atom stereocenters. The van der Waals surface area contributed by atoms with E-state index in [-0.39, 0.29) is 5.82 Å². The Balaban J connectivity index is 2.07. The molecule has 0 aliphatic rings. The minimum Gasteiger partial charge on any atom is -0.329 e. The molecule has 22 heavy (non-hydrogen) atoms. The first-order valence-electron chi connectivity index (χ1n) is 6.18. The van der Waals surface area contributed by atoms with Gasteiger partial charge in [0, 0.05) is 16.8 Å². The van der Waals surface area contributed by atoms with Crippen LogP contribution < -0.4 is 10.6 Å². The van der Waals surface area contributed by atoms with E-state index in [4.69, 9.17) is 11.6 Å². The van der Waals surface area contributed by atoms with Crippen LogP contribution in [0.3, 0.4) is 0 Å². The average molecular weight is 333 g/mol. The summed E-state index contributed by atoms with van der Waals surface area (Å²) in [6, 6.07) is 5.83. The van der Waals surface area contributed by atoms with Crippen LogP contribution in [-0.2, 0) is 0 Å². The van der Waals surface area contributed by atoms with E-state index in [1.54, 1.807) is 42.7 Å². The first kappa shape index (κ1) is 16.2. The van der Waals surface area contributed by atoms with Gasteiger partial charge in [-0.2, -0.15) is 13.2 Å². The third kappa shape index (κ3) is 4.39. The molecule has 2 rings (SSSR count). The van der Waals surface area contributed by atoms with Crippen LogP contribution in [0.5, 0.6) is 0 Å². The van der Waals surface area contributed by atoms with E-state index in [2.05, 4.69) is 10.4 Å². The number of nitrogens with zero attached hydrogens (tertiary/aromatic N) is 2. The summed E-state index contributed by atoms with van der Waals surface area (Å²) in [7, 11) is 0. The lowest BCUT2D eigenvalue weighted by Crippen LogP contribution is -2.36. The summed E-state index contributed by atoms with van der Waals surface area (Å²) in [6.07, 6.45) is -2.82. The summed E-state index contributed by atoms with van der Waals surface area (Å²) in [5.74, 6) is 0.176. The Kier molecular flexibility index (Phi) is 4.60. The van der Waals surface area contributed by atoms with E-state index in [0.29, 0.717) is 16.3 Å². The van der Waals surface area contributed by atoms with Crippen LogP contribution in [0, 0.1) is 6.92 Å². The summed E-state index contributed by atoms with van der Waals surface area (Å²) in [4.78, 5) is 11.4. The lowest BCUT2D eigenvalue weighted by molar-refractivity contribution is -0.122. The van der Waals surface area contributed by atoms with Crippen molar-refractivity contribution >= 4 is 23.4 Å². The van der Waals surface area contributed by atoms with Crippen LogP contribution in [0.25, 0.3) is 5.69 Å². The van der Waals surface area contributed by atoms with Gasteiger partial charge in [0.25, 0.3) is 0 Å². The van der Waals surface area contributed by atoms with Crippen LogP contribution in [0.15, 0.2) is 30.5 Å². The number of benzene rings is 1. The normalized spacial score (nSPS) is 11.3. The van der Waals surface area contributed by atoms with Crippen molar-refractivity contribution in [2.75, 3.05) is 11.9 Å². The second-order valence-corrected chi connectivity index (χ2v) is 4.94. The Hall–Kier alpha value is -2.22. The number of halogens is 4. The lowest BCUT2D eigenvalue weighted by Gasteiger charge is -2.08. The SMILES string of the molecule is Cc1cn(-c2ccc(Cl)cc2)nc1NC(=O)NCC(F)(F)F. The molecule has 0 fully saturated rings. The van der Waals surface area contributed by atoms with E-state index in [1.165, 1.54) is 4.68 Å². The first-order chi connectivity index (χ1) is 10.2. The van der Waals surface area contributed by atoms with Gasteiger partial charge in [-0.05, 0) is 31.2 Å². The molecule has 0 atom stereocenters. The summed E-state index contributed by atoms with van der Waals surface area (Å²) >= 11 is 5.79. The summed E-state index contributed by atoms with van der Waals surface area (Å²) < 4.78 is 37.5. The maximum Gasteiger partial charge on any atom is 0.405 e. The summed E-state index contributed by atoms with van der Waals surface area (Å²) in [5, 5.41) is 8.67. The van der Waals surface area contributed by atoms with E-state index in [1.807, 2.05) is 0 Å². The third-order valence-electron chi connectivity index (χ3n) is 2.67. The van der Waals surface area contributed by atoms with Crippen LogP contribution in [0.1, 0.15) is 5.56 Å². The molecule has 0 aliphatic carbocycles. The number of alkyl halides is 3. The van der Waals surface area contributed by atoms with Gasteiger partial charge in [0.2, 0.25) is 0 Å². The number of hydrogen-bond acceptors (Lipinski definition) is 2. The Morgan fingerprint density at radius 2 is 1.95 bits per heavy atom. The fourth-order valence-corrected chi connectivity index (χ4v) is 1.77. The Morgan fingerprint density at radius 1 is 1.32 bits per heavy atom. The van der Waals surface area contributed by atoms with E-state index in [0.717, 1.165) is 0 Å². The Labute approximate surface area is 129 Å². The molecule has 0 saturated heterocycles. The van der Waals surface area contributed by atoms with Crippen molar-refractivity contribution in [1.29, 1.82) is 0 Å². The zero-order valence-electron chi connectivity index (χ0n) is 11.4. The van der Waals surface area contributed by atoms with Crippen molar-refractivity contribution in [3.8, 4) is 5.69 Å². The molecule has 2 N–H and O–H groups in total. The average Bonchev–Trinajstić information content (AvgIpc) is 2.78. The van der Waals surface area contributed by atoms with Crippen molar-refractivity contribution in [3.63, 3.8) is 0 Å². The third-order valence-corrected chi connectivity index (χ3v) is 2.92. The Morgan fingerprint density at radius 3 is 2.55 bits per heavy atom. The zero-order chi connectivity index (χ0) is 16.3. The topological polar surface area (TPSA) is 59.0 Å². The summed E-state index contributed by atoms with van der Waals surface area (Å²) in [6.45, 7) is 0.272. The van der Waals surface area contributed by atoms with Gasteiger partial charge >= 0.3 is 12.2 Å². The van der Waals surface area contributed by atoms with Crippen LogP contribution in [-0.4, -0.2) is 28.5 Å². The van der Waals surface area contributed by atoms with Gasteiger partial charge in [0.15, 0.2) is 5.82 Å². The van der Waals surface area contributed by atoms with Gasteiger partial charge in [-0.1, -0.05) is 11.6 Å². The van der Waals surface area contributed by atoms with E-state index in [9.17, 15) is 18.0 Å². The number of amides is 2. The van der Waals surface area contributed by atoms with E-state index < -0.39 is 18.8 Å². The van der Waals surface area contributed by atoms with Crippen molar-refractivity contribution in [3.05, 3.63) is 41.0 Å². The number of carbonyl (C=O) groups is 1. The van der Waals surface area contributed by atoms with Crippen LogP contribution in [0.4, 0.5) is 23.8 Å². The number of aromatic nitrogens is 2. The fourth-order valence-electron chi connectivity index (χ4n) is 1.64. The molecule has 9 heteroatoms. The lowest BCUT2D eigenvalue weighted by atomic mass is 10.3. The molecule has 0 saturated carbocycles. The molecule has 1 aromatic carbocycles. The number of hydrogen-bond donors (Lipinski definition) is 2. The second kappa shape index (κ2) is 6.27. The molecule has 2 amide bonds. The monoisotopic (exact) mass is 332 g/mol. The molecule has 0 spiro atoms. The molecule has 1 heterocycles. The van der Waals surface area contributed by atoms with Gasteiger partial charge < -0.3 is 5.32 Å². The highest BCUT2D eigenvalue weighted by Gasteiger charge is 2.27. The molecule has 118 valence electrons. The smallest absolute Gasteiger partial charge is 0.329 e. The highest BCUT2D eigenvalue weighted by atomic mass is 35.5. The number of carbonyl (C=O) groups excluding carboxylic acids is 1. The maximum absolute atomic E-state index is 12.0. The minimum absolute atomic E-state index is 0.176. The van der Waals surface area contributed by atoms with Crippen molar-refractivity contribution in [2.45, 2.75) is 13.1 Å². The molecule has 0 bridgehead atoms.